The summed E-state index contributed by atoms with van der Waals surface area (Å²) in [6, 6.07) is -0.0907. The Balaban J connectivity index is 1.82. The second kappa shape index (κ2) is 3.02. The molecule has 0 radical (unpaired) electrons. The van der Waals surface area contributed by atoms with Gasteiger partial charge in [-0.25, -0.2) is 0 Å². The van der Waals surface area contributed by atoms with Crippen LogP contribution in [0.25, 0.3) is 0 Å². The van der Waals surface area contributed by atoms with Gasteiger partial charge in [0.05, 0.1) is 6.10 Å². The number of fused-ring (bicyclic) bond motifs is 2. The fraction of sp³-hybridized carbons (Fsp3) is 0.800. The Morgan fingerprint density at radius 2 is 1.67 bits per heavy atom. The molecule has 2 atom stereocenters. The molecule has 0 aromatic heterocycles. The Labute approximate surface area is 87.0 Å². The summed E-state index contributed by atoms with van der Waals surface area (Å²) in [4.78, 5) is 25.0. The van der Waals surface area contributed by atoms with Crippen LogP contribution < -0.4 is 0 Å². The first-order chi connectivity index (χ1) is 7.16. The number of rotatable bonds is 1. The molecule has 1 N–H and O–H groups in total. The molecule has 2 unspecified atom stereocenters. The van der Waals surface area contributed by atoms with Crippen LogP contribution in [0.15, 0.2) is 0 Å². The van der Waals surface area contributed by atoms with Gasteiger partial charge in [-0.1, -0.05) is 0 Å². The van der Waals surface area contributed by atoms with Crippen molar-refractivity contribution in [2.75, 3.05) is 0 Å². The normalized spacial score (nSPS) is 44.5. The third-order valence-corrected chi connectivity index (χ3v) is 3.50. The predicted octanol–water partition coefficient (Wildman–Crippen LogP) is -0.574. The van der Waals surface area contributed by atoms with Gasteiger partial charge in [0.2, 0.25) is 0 Å². The van der Waals surface area contributed by atoms with E-state index < -0.39 is 12.2 Å². The van der Waals surface area contributed by atoms with Crippen LogP contribution in [0, 0.1) is 0 Å². The fourth-order valence-electron chi connectivity index (χ4n) is 2.55. The molecule has 2 aliphatic heterocycles. The van der Waals surface area contributed by atoms with Gasteiger partial charge in [0, 0.05) is 6.04 Å². The second-order valence-corrected chi connectivity index (χ2v) is 4.52. The van der Waals surface area contributed by atoms with Crippen LogP contribution in [0.2, 0.25) is 0 Å². The van der Waals surface area contributed by atoms with Crippen molar-refractivity contribution in [2.24, 2.45) is 0 Å². The quantitative estimate of drug-likeness (QED) is 0.590. The van der Waals surface area contributed by atoms with Crippen LogP contribution in [0.1, 0.15) is 25.7 Å². The highest BCUT2D eigenvalue weighted by molar-refractivity contribution is 6.02. The summed E-state index contributed by atoms with van der Waals surface area (Å²) in [6.45, 7) is 0. The maximum atomic E-state index is 11.8. The van der Waals surface area contributed by atoms with Gasteiger partial charge in [-0.05, 0) is 25.7 Å². The van der Waals surface area contributed by atoms with Crippen molar-refractivity contribution < 1.29 is 19.4 Å². The van der Waals surface area contributed by atoms with Crippen LogP contribution in [-0.4, -0.2) is 46.2 Å². The average molecular weight is 211 g/mol. The molecule has 5 heteroatoms. The zero-order chi connectivity index (χ0) is 10.6. The van der Waals surface area contributed by atoms with Crippen molar-refractivity contribution in [1.29, 1.82) is 0 Å². The van der Waals surface area contributed by atoms with E-state index in [4.69, 9.17) is 4.74 Å². The number of morpholine rings is 1. The van der Waals surface area contributed by atoms with E-state index in [0.29, 0.717) is 25.7 Å². The van der Waals surface area contributed by atoms with Gasteiger partial charge in [-0.15, -0.1) is 0 Å². The number of carbonyl (C=O) groups excluding carboxylic acids is 2. The summed E-state index contributed by atoms with van der Waals surface area (Å²) in [5.74, 6) is -0.406. The first-order valence-electron chi connectivity index (χ1n) is 5.37. The lowest BCUT2D eigenvalue weighted by Crippen LogP contribution is -2.60. The fourth-order valence-corrected chi connectivity index (χ4v) is 2.55. The van der Waals surface area contributed by atoms with Crippen LogP contribution in [0.4, 0.5) is 0 Å². The topological polar surface area (TPSA) is 66.8 Å². The summed E-state index contributed by atoms with van der Waals surface area (Å²) in [6.07, 6.45) is 1.18. The van der Waals surface area contributed by atoms with E-state index in [1.54, 1.807) is 0 Å². The molecular formula is C10H13NO4. The van der Waals surface area contributed by atoms with Gasteiger partial charge in [-0.3, -0.25) is 14.5 Å². The maximum Gasteiger partial charge on any atom is 0.258 e. The molecule has 2 heterocycles. The first kappa shape index (κ1) is 9.30. The van der Waals surface area contributed by atoms with Crippen molar-refractivity contribution in [3.63, 3.8) is 0 Å². The van der Waals surface area contributed by atoms with Gasteiger partial charge in [0.15, 0.2) is 0 Å². The molecule has 2 bridgehead atoms. The standard InChI is InChI=1S/C10H13NO4/c12-6-3-5(4-6)11-9(13)7-1-2-8(15-7)10(11)14/h5-8,12H,1-4H2. The Bertz CT molecular complexity index is 301. The zero-order valence-corrected chi connectivity index (χ0v) is 8.26. The Kier molecular flexibility index (Phi) is 1.87. The number of hydrogen-bond donors (Lipinski definition) is 1. The third kappa shape index (κ3) is 1.23. The molecule has 5 nitrogen and oxygen atoms in total. The van der Waals surface area contributed by atoms with Crippen molar-refractivity contribution >= 4 is 11.8 Å². The SMILES string of the molecule is O=C1C2CCC(O2)C(=O)N1C1CC(O)C1. The van der Waals surface area contributed by atoms with Gasteiger partial charge >= 0.3 is 0 Å². The maximum absolute atomic E-state index is 11.8. The monoisotopic (exact) mass is 211 g/mol. The number of likely N-dealkylation sites (tertiary alicyclic amines) is 1. The highest BCUT2D eigenvalue weighted by Crippen LogP contribution is 2.34. The number of aliphatic hydroxyl groups is 1. The molecule has 82 valence electrons. The third-order valence-electron chi connectivity index (χ3n) is 3.50. The van der Waals surface area contributed by atoms with Crippen LogP contribution in [0.5, 0.6) is 0 Å². The highest BCUT2D eigenvalue weighted by Gasteiger charge is 2.50. The molecule has 1 saturated carbocycles. The minimum Gasteiger partial charge on any atom is -0.393 e. The molecule has 0 spiro atoms. The highest BCUT2D eigenvalue weighted by atomic mass is 16.5. The van der Waals surface area contributed by atoms with Gasteiger partial charge in [0.25, 0.3) is 11.8 Å². The van der Waals surface area contributed by atoms with Crippen molar-refractivity contribution in [1.82, 2.24) is 4.90 Å². The van der Waals surface area contributed by atoms with E-state index >= 15 is 0 Å². The number of amides is 2. The van der Waals surface area contributed by atoms with E-state index in [-0.39, 0.29) is 24.0 Å². The van der Waals surface area contributed by atoms with E-state index in [1.165, 1.54) is 4.90 Å². The Morgan fingerprint density at radius 3 is 2.13 bits per heavy atom. The van der Waals surface area contributed by atoms with Crippen LogP contribution in [-0.2, 0) is 14.3 Å². The second-order valence-electron chi connectivity index (χ2n) is 4.52. The molecule has 15 heavy (non-hydrogen) atoms. The Hall–Kier alpha value is -0.940. The molecule has 3 rings (SSSR count). The summed E-state index contributed by atoms with van der Waals surface area (Å²) in [5.41, 5.74) is 0. The van der Waals surface area contributed by atoms with Crippen LogP contribution in [0.3, 0.4) is 0 Å². The van der Waals surface area contributed by atoms with Crippen molar-refractivity contribution in [3.05, 3.63) is 0 Å². The van der Waals surface area contributed by atoms with E-state index in [9.17, 15) is 14.7 Å². The number of ether oxygens (including phenoxy) is 1. The van der Waals surface area contributed by atoms with E-state index in [2.05, 4.69) is 0 Å². The first-order valence-corrected chi connectivity index (χ1v) is 5.37. The van der Waals surface area contributed by atoms with Gasteiger partial charge in [-0.2, -0.15) is 0 Å². The lowest BCUT2D eigenvalue weighted by molar-refractivity contribution is -0.176. The van der Waals surface area contributed by atoms with Crippen LogP contribution >= 0.6 is 0 Å². The van der Waals surface area contributed by atoms with E-state index in [1.807, 2.05) is 0 Å². The minimum absolute atomic E-state index is 0.0907. The summed E-state index contributed by atoms with van der Waals surface area (Å²) in [7, 11) is 0. The lowest BCUT2D eigenvalue weighted by Gasteiger charge is -2.42. The number of hydrogen-bond acceptors (Lipinski definition) is 4. The number of aliphatic hydroxyl groups excluding tert-OH is 1. The smallest absolute Gasteiger partial charge is 0.258 e. The molecule has 0 aromatic rings. The average Bonchev–Trinajstić information content (AvgIpc) is 2.59. The van der Waals surface area contributed by atoms with E-state index in [0.717, 1.165) is 0 Å². The Morgan fingerprint density at radius 1 is 1.13 bits per heavy atom. The predicted molar refractivity (Wildman–Crippen MR) is 48.8 cm³/mol. The largest absolute Gasteiger partial charge is 0.393 e. The summed E-state index contributed by atoms with van der Waals surface area (Å²) < 4.78 is 5.29. The van der Waals surface area contributed by atoms with Gasteiger partial charge in [0.1, 0.15) is 12.2 Å². The number of nitrogens with zero attached hydrogens (tertiary/aromatic N) is 1. The summed E-state index contributed by atoms with van der Waals surface area (Å²) in [5, 5.41) is 9.19. The molecule has 3 fully saturated rings. The molecule has 2 amide bonds. The zero-order valence-electron chi connectivity index (χ0n) is 8.26. The van der Waals surface area contributed by atoms with Crippen molar-refractivity contribution in [3.8, 4) is 0 Å². The van der Waals surface area contributed by atoms with Gasteiger partial charge < -0.3 is 9.84 Å². The molecule has 3 aliphatic rings. The molecular weight excluding hydrogens is 198 g/mol. The molecule has 0 aromatic carbocycles. The minimum atomic E-state index is -0.412. The number of imide groups is 1. The lowest BCUT2D eigenvalue weighted by atomic mass is 9.87. The summed E-state index contributed by atoms with van der Waals surface area (Å²) >= 11 is 0. The molecule has 2 saturated heterocycles. The van der Waals surface area contributed by atoms with Crippen molar-refractivity contribution in [2.45, 2.75) is 50.0 Å². The molecule has 1 aliphatic carbocycles. The number of carbonyl (C=O) groups is 2.